The molecular formula is C25H46N2O. The lowest BCUT2D eigenvalue weighted by Gasteiger charge is -2.61. The first-order valence-electron chi connectivity index (χ1n) is 12.5. The predicted molar refractivity (Wildman–Crippen MR) is 117 cm³/mol. The molecule has 4 aliphatic carbocycles. The zero-order valence-electron chi connectivity index (χ0n) is 18.8. The normalized spacial score (nSPS) is 49.2. The van der Waals surface area contributed by atoms with Gasteiger partial charge in [-0.15, -0.1) is 0 Å². The van der Waals surface area contributed by atoms with E-state index >= 15 is 0 Å². The van der Waals surface area contributed by atoms with Crippen LogP contribution < -0.4 is 11.1 Å². The molecule has 0 aromatic rings. The second-order valence-corrected chi connectivity index (χ2v) is 11.6. The lowest BCUT2D eigenvalue weighted by Crippen LogP contribution is -2.55. The Labute approximate surface area is 173 Å². The highest BCUT2D eigenvalue weighted by atomic mass is 16.3. The van der Waals surface area contributed by atoms with Crippen LogP contribution in [0.1, 0.15) is 91.4 Å². The van der Waals surface area contributed by atoms with Gasteiger partial charge in [-0.05, 0) is 131 Å². The van der Waals surface area contributed by atoms with Crippen LogP contribution in [0.15, 0.2) is 0 Å². The molecule has 0 aliphatic heterocycles. The number of hydrogen-bond donors (Lipinski definition) is 3. The molecule has 4 aliphatic rings. The van der Waals surface area contributed by atoms with Crippen LogP contribution in [-0.4, -0.2) is 30.3 Å². The third-order valence-corrected chi connectivity index (χ3v) is 10.4. The van der Waals surface area contributed by atoms with Gasteiger partial charge in [0.1, 0.15) is 0 Å². The minimum atomic E-state index is -0.0227. The molecule has 4 rings (SSSR count). The van der Waals surface area contributed by atoms with Gasteiger partial charge in [0.2, 0.25) is 0 Å². The third kappa shape index (κ3) is 3.48. The zero-order chi connectivity index (χ0) is 19.9. The fraction of sp³-hybridized carbons (Fsp3) is 1.00. The topological polar surface area (TPSA) is 58.3 Å². The zero-order valence-corrected chi connectivity index (χ0v) is 18.8. The number of nitrogens with two attached hydrogens (primary N) is 1. The van der Waals surface area contributed by atoms with Crippen molar-refractivity contribution in [2.45, 2.75) is 104 Å². The highest BCUT2D eigenvalue weighted by molar-refractivity contribution is 5.10. The summed E-state index contributed by atoms with van der Waals surface area (Å²) in [5, 5.41) is 14.1. The van der Waals surface area contributed by atoms with Gasteiger partial charge in [-0.1, -0.05) is 13.8 Å². The Morgan fingerprint density at radius 1 is 0.964 bits per heavy atom. The Balaban J connectivity index is 1.45. The first-order chi connectivity index (χ1) is 13.4. The summed E-state index contributed by atoms with van der Waals surface area (Å²) in [4.78, 5) is 0. The summed E-state index contributed by atoms with van der Waals surface area (Å²) in [5.41, 5.74) is 6.71. The van der Waals surface area contributed by atoms with Crippen molar-refractivity contribution in [1.82, 2.24) is 5.32 Å². The van der Waals surface area contributed by atoms with E-state index in [9.17, 15) is 5.11 Å². The van der Waals surface area contributed by atoms with E-state index in [0.29, 0.717) is 16.9 Å². The van der Waals surface area contributed by atoms with Crippen LogP contribution in [0.2, 0.25) is 0 Å². The van der Waals surface area contributed by atoms with Gasteiger partial charge in [-0.2, -0.15) is 0 Å². The summed E-state index contributed by atoms with van der Waals surface area (Å²) in [7, 11) is 0. The minimum absolute atomic E-state index is 0.0227. The fourth-order valence-corrected chi connectivity index (χ4v) is 8.84. The average molecular weight is 391 g/mol. The third-order valence-electron chi connectivity index (χ3n) is 10.4. The molecule has 0 bridgehead atoms. The molecule has 0 saturated heterocycles. The van der Waals surface area contributed by atoms with E-state index in [0.717, 1.165) is 61.9 Å². The van der Waals surface area contributed by atoms with Crippen LogP contribution in [0.25, 0.3) is 0 Å². The Hall–Kier alpha value is -0.120. The highest BCUT2D eigenvalue weighted by Gasteiger charge is 2.60. The van der Waals surface area contributed by atoms with E-state index in [-0.39, 0.29) is 6.10 Å². The van der Waals surface area contributed by atoms with Gasteiger partial charge in [0.15, 0.2) is 0 Å². The molecule has 28 heavy (non-hydrogen) atoms. The van der Waals surface area contributed by atoms with Gasteiger partial charge in [0, 0.05) is 6.04 Å². The molecule has 3 heteroatoms. The molecule has 0 amide bonds. The molecule has 3 nitrogen and oxygen atoms in total. The van der Waals surface area contributed by atoms with Gasteiger partial charge in [0.25, 0.3) is 0 Å². The van der Waals surface area contributed by atoms with E-state index in [1.165, 1.54) is 51.4 Å². The van der Waals surface area contributed by atoms with E-state index < -0.39 is 0 Å². The number of aliphatic hydroxyl groups excluding tert-OH is 1. The maximum atomic E-state index is 10.2. The van der Waals surface area contributed by atoms with E-state index in [4.69, 9.17) is 5.73 Å². The molecule has 4 fully saturated rings. The maximum absolute atomic E-state index is 10.2. The van der Waals surface area contributed by atoms with Gasteiger partial charge < -0.3 is 16.2 Å². The summed E-state index contributed by atoms with van der Waals surface area (Å²) in [6.45, 7) is 9.66. The fourth-order valence-electron chi connectivity index (χ4n) is 8.84. The average Bonchev–Trinajstić information content (AvgIpc) is 3.03. The summed E-state index contributed by atoms with van der Waals surface area (Å²) < 4.78 is 0. The van der Waals surface area contributed by atoms with Gasteiger partial charge in [-0.25, -0.2) is 0 Å². The molecule has 162 valence electrons. The summed E-state index contributed by atoms with van der Waals surface area (Å²) in [6.07, 6.45) is 14.3. The highest BCUT2D eigenvalue weighted by Crippen LogP contribution is 2.67. The standard InChI is InChI=1S/C25H46N2O/c1-17(27-15-5-4-14-26)21-8-9-22-20-7-6-18-16-19(28)10-12-24(18,2)23(20)11-13-25(21,22)3/h17-23,27-28H,4-16,26H2,1-3H3/t17?,18-,19-,20-,21+,22-,23-,24-,25+/m0/s1. The first-order valence-corrected chi connectivity index (χ1v) is 12.5. The predicted octanol–water partition coefficient (Wildman–Crippen LogP) is 4.72. The van der Waals surface area contributed by atoms with Crippen molar-refractivity contribution in [2.75, 3.05) is 13.1 Å². The number of unbranched alkanes of at least 4 members (excludes halogenated alkanes) is 1. The number of fused-ring (bicyclic) bond motifs is 5. The summed E-state index contributed by atoms with van der Waals surface area (Å²) >= 11 is 0. The van der Waals surface area contributed by atoms with Crippen molar-refractivity contribution in [3.05, 3.63) is 0 Å². The van der Waals surface area contributed by atoms with Crippen LogP contribution in [-0.2, 0) is 0 Å². The van der Waals surface area contributed by atoms with Crippen LogP contribution in [0.3, 0.4) is 0 Å². The van der Waals surface area contributed by atoms with Crippen molar-refractivity contribution in [1.29, 1.82) is 0 Å². The first kappa shape index (κ1) is 21.1. The van der Waals surface area contributed by atoms with Crippen molar-refractivity contribution in [3.8, 4) is 0 Å². The largest absolute Gasteiger partial charge is 0.393 e. The van der Waals surface area contributed by atoms with E-state index in [1.54, 1.807) is 0 Å². The Bertz CT molecular complexity index is 539. The minimum Gasteiger partial charge on any atom is -0.393 e. The molecule has 0 aromatic heterocycles. The van der Waals surface area contributed by atoms with Crippen LogP contribution in [0, 0.1) is 40.4 Å². The summed E-state index contributed by atoms with van der Waals surface area (Å²) in [5.74, 6) is 4.43. The smallest absolute Gasteiger partial charge is 0.0543 e. The van der Waals surface area contributed by atoms with Crippen molar-refractivity contribution in [2.24, 2.45) is 46.2 Å². The van der Waals surface area contributed by atoms with Crippen molar-refractivity contribution in [3.63, 3.8) is 0 Å². The van der Waals surface area contributed by atoms with Gasteiger partial charge in [-0.3, -0.25) is 0 Å². The molecule has 1 unspecified atom stereocenters. The molecule has 0 radical (unpaired) electrons. The molecule has 0 aromatic carbocycles. The maximum Gasteiger partial charge on any atom is 0.0543 e. The van der Waals surface area contributed by atoms with Gasteiger partial charge >= 0.3 is 0 Å². The van der Waals surface area contributed by atoms with Crippen molar-refractivity contribution >= 4 is 0 Å². The second kappa shape index (κ2) is 8.19. The van der Waals surface area contributed by atoms with Gasteiger partial charge in [0.05, 0.1) is 6.10 Å². The number of hydrogen-bond acceptors (Lipinski definition) is 3. The quantitative estimate of drug-likeness (QED) is 0.575. The number of aliphatic hydroxyl groups is 1. The SMILES string of the molecule is CC(NCCCCN)[C@H]1CC[C@H]2[C@@H]3CC[C@H]4C[C@@H](O)CC[C@]4(C)[C@H]3CC[C@]12C. The number of rotatable bonds is 6. The van der Waals surface area contributed by atoms with E-state index in [1.807, 2.05) is 0 Å². The van der Waals surface area contributed by atoms with Crippen LogP contribution in [0.4, 0.5) is 0 Å². The molecule has 4 N–H and O–H groups in total. The molecule has 9 atom stereocenters. The van der Waals surface area contributed by atoms with E-state index in [2.05, 4.69) is 26.1 Å². The molecule has 0 spiro atoms. The number of nitrogens with one attached hydrogen (secondary N) is 1. The molecule has 0 heterocycles. The monoisotopic (exact) mass is 390 g/mol. The second-order valence-electron chi connectivity index (χ2n) is 11.6. The Kier molecular flexibility index (Phi) is 6.18. The molecule has 4 saturated carbocycles. The van der Waals surface area contributed by atoms with Crippen LogP contribution in [0.5, 0.6) is 0 Å². The Morgan fingerprint density at radius 3 is 2.50 bits per heavy atom. The Morgan fingerprint density at radius 2 is 1.71 bits per heavy atom. The molecular weight excluding hydrogens is 344 g/mol. The van der Waals surface area contributed by atoms with Crippen molar-refractivity contribution < 1.29 is 5.11 Å². The lowest BCUT2D eigenvalue weighted by molar-refractivity contribution is -0.127. The van der Waals surface area contributed by atoms with Crippen LogP contribution >= 0.6 is 0 Å². The lowest BCUT2D eigenvalue weighted by atomic mass is 9.44. The summed E-state index contributed by atoms with van der Waals surface area (Å²) in [6, 6.07) is 0.640.